The SMILES string of the molecule is COCCN(C)C(=O)C1CCCC1C(=O)O. The molecule has 1 rings (SSSR count). The molecule has 5 nitrogen and oxygen atoms in total. The minimum Gasteiger partial charge on any atom is -0.481 e. The Labute approximate surface area is 95.4 Å². The molecule has 0 aliphatic heterocycles. The summed E-state index contributed by atoms with van der Waals surface area (Å²) in [6, 6.07) is 0. The summed E-state index contributed by atoms with van der Waals surface area (Å²) in [5, 5.41) is 8.99. The van der Waals surface area contributed by atoms with Crippen LogP contribution in [0, 0.1) is 11.8 Å². The lowest BCUT2D eigenvalue weighted by Crippen LogP contribution is -2.38. The molecule has 1 aliphatic carbocycles. The van der Waals surface area contributed by atoms with Crippen LogP contribution in [-0.4, -0.2) is 49.2 Å². The number of hydrogen-bond donors (Lipinski definition) is 1. The molecule has 0 radical (unpaired) electrons. The molecule has 1 amide bonds. The summed E-state index contributed by atoms with van der Waals surface area (Å²) >= 11 is 0. The van der Waals surface area contributed by atoms with Gasteiger partial charge in [0.1, 0.15) is 0 Å². The van der Waals surface area contributed by atoms with E-state index in [0.29, 0.717) is 26.0 Å². The molecule has 1 N–H and O–H groups in total. The molecule has 0 aromatic carbocycles. The number of nitrogens with zero attached hydrogens (tertiary/aromatic N) is 1. The molecule has 1 fully saturated rings. The molecule has 16 heavy (non-hydrogen) atoms. The van der Waals surface area contributed by atoms with E-state index >= 15 is 0 Å². The third-order valence-electron chi connectivity index (χ3n) is 3.16. The van der Waals surface area contributed by atoms with Crippen LogP contribution < -0.4 is 0 Å². The molecule has 0 aromatic heterocycles. The largest absolute Gasteiger partial charge is 0.481 e. The molecule has 2 unspecified atom stereocenters. The first kappa shape index (κ1) is 13.0. The van der Waals surface area contributed by atoms with E-state index < -0.39 is 11.9 Å². The predicted molar refractivity (Wildman–Crippen MR) is 58.0 cm³/mol. The van der Waals surface area contributed by atoms with Gasteiger partial charge in [0.15, 0.2) is 0 Å². The molecule has 0 aromatic rings. The Bertz CT molecular complexity index is 267. The maximum absolute atomic E-state index is 12.0. The van der Waals surface area contributed by atoms with Crippen molar-refractivity contribution in [2.75, 3.05) is 27.3 Å². The summed E-state index contributed by atoms with van der Waals surface area (Å²) < 4.78 is 4.89. The van der Waals surface area contributed by atoms with Gasteiger partial charge in [0.2, 0.25) is 5.91 Å². The van der Waals surface area contributed by atoms with Gasteiger partial charge in [-0.05, 0) is 12.8 Å². The summed E-state index contributed by atoms with van der Waals surface area (Å²) in [5.41, 5.74) is 0. The first-order valence-electron chi connectivity index (χ1n) is 5.54. The van der Waals surface area contributed by atoms with E-state index in [9.17, 15) is 9.59 Å². The second-order valence-corrected chi connectivity index (χ2v) is 4.23. The highest BCUT2D eigenvalue weighted by Gasteiger charge is 2.38. The van der Waals surface area contributed by atoms with Crippen molar-refractivity contribution in [3.63, 3.8) is 0 Å². The van der Waals surface area contributed by atoms with Crippen LogP contribution in [0.25, 0.3) is 0 Å². The summed E-state index contributed by atoms with van der Waals surface area (Å²) in [4.78, 5) is 24.5. The summed E-state index contributed by atoms with van der Waals surface area (Å²) in [6.45, 7) is 0.991. The molecular formula is C11H19NO4. The van der Waals surface area contributed by atoms with Gasteiger partial charge >= 0.3 is 5.97 Å². The highest BCUT2D eigenvalue weighted by Crippen LogP contribution is 2.33. The van der Waals surface area contributed by atoms with E-state index in [1.807, 2.05) is 0 Å². The van der Waals surface area contributed by atoms with Gasteiger partial charge in [-0.2, -0.15) is 0 Å². The summed E-state index contributed by atoms with van der Waals surface area (Å²) in [5.74, 6) is -1.77. The number of likely N-dealkylation sites (N-methyl/N-ethyl adjacent to an activating group) is 1. The second kappa shape index (κ2) is 5.84. The van der Waals surface area contributed by atoms with Crippen molar-refractivity contribution in [1.29, 1.82) is 0 Å². The molecule has 0 saturated heterocycles. The van der Waals surface area contributed by atoms with Crippen LogP contribution in [0.5, 0.6) is 0 Å². The monoisotopic (exact) mass is 229 g/mol. The van der Waals surface area contributed by atoms with Gasteiger partial charge in [-0.15, -0.1) is 0 Å². The van der Waals surface area contributed by atoms with E-state index in [0.717, 1.165) is 6.42 Å². The first-order chi connectivity index (χ1) is 7.57. The number of amides is 1. The number of hydrogen-bond acceptors (Lipinski definition) is 3. The van der Waals surface area contributed by atoms with Crippen LogP contribution in [0.1, 0.15) is 19.3 Å². The van der Waals surface area contributed by atoms with E-state index in [1.165, 1.54) is 0 Å². The molecule has 0 bridgehead atoms. The second-order valence-electron chi connectivity index (χ2n) is 4.23. The summed E-state index contributed by atoms with van der Waals surface area (Å²) in [6.07, 6.45) is 2.13. The fourth-order valence-corrected chi connectivity index (χ4v) is 2.17. The Morgan fingerprint density at radius 2 is 2.00 bits per heavy atom. The van der Waals surface area contributed by atoms with Crippen LogP contribution in [0.3, 0.4) is 0 Å². The smallest absolute Gasteiger partial charge is 0.307 e. The fraction of sp³-hybridized carbons (Fsp3) is 0.818. The average Bonchev–Trinajstić information content (AvgIpc) is 2.73. The van der Waals surface area contributed by atoms with Crippen molar-refractivity contribution in [1.82, 2.24) is 4.90 Å². The minimum atomic E-state index is -0.851. The first-order valence-corrected chi connectivity index (χ1v) is 5.54. The number of methoxy groups -OCH3 is 1. The van der Waals surface area contributed by atoms with Gasteiger partial charge in [-0.3, -0.25) is 9.59 Å². The van der Waals surface area contributed by atoms with Crippen molar-refractivity contribution in [2.24, 2.45) is 11.8 Å². The molecule has 5 heteroatoms. The zero-order chi connectivity index (χ0) is 12.1. The third-order valence-corrected chi connectivity index (χ3v) is 3.16. The van der Waals surface area contributed by atoms with E-state index in [-0.39, 0.29) is 11.8 Å². The van der Waals surface area contributed by atoms with Crippen LogP contribution in [-0.2, 0) is 14.3 Å². The van der Waals surface area contributed by atoms with Crippen molar-refractivity contribution in [2.45, 2.75) is 19.3 Å². The Morgan fingerprint density at radius 3 is 2.56 bits per heavy atom. The zero-order valence-corrected chi connectivity index (χ0v) is 9.81. The highest BCUT2D eigenvalue weighted by molar-refractivity contribution is 5.85. The number of aliphatic carboxylic acids is 1. The van der Waals surface area contributed by atoms with Crippen LogP contribution in [0.15, 0.2) is 0 Å². The molecule has 0 spiro atoms. The Hall–Kier alpha value is -1.10. The van der Waals surface area contributed by atoms with Gasteiger partial charge in [-0.25, -0.2) is 0 Å². The topological polar surface area (TPSA) is 66.8 Å². The van der Waals surface area contributed by atoms with Crippen molar-refractivity contribution >= 4 is 11.9 Å². The lowest BCUT2D eigenvalue weighted by atomic mass is 9.95. The maximum atomic E-state index is 12.0. The van der Waals surface area contributed by atoms with Crippen LogP contribution >= 0.6 is 0 Å². The molecule has 2 atom stereocenters. The quantitative estimate of drug-likeness (QED) is 0.749. The van der Waals surface area contributed by atoms with Crippen LogP contribution in [0.4, 0.5) is 0 Å². The van der Waals surface area contributed by atoms with Gasteiger partial charge in [0.25, 0.3) is 0 Å². The predicted octanol–water partition coefficient (Wildman–Crippen LogP) is 0.592. The van der Waals surface area contributed by atoms with Crippen LogP contribution in [0.2, 0.25) is 0 Å². The number of carboxylic acids is 1. The standard InChI is InChI=1S/C11H19NO4/c1-12(6-7-16-2)10(13)8-4-3-5-9(8)11(14)15/h8-9H,3-7H2,1-2H3,(H,14,15). The van der Waals surface area contributed by atoms with Gasteiger partial charge < -0.3 is 14.7 Å². The Kier molecular flexibility index (Phi) is 4.73. The van der Waals surface area contributed by atoms with Crippen molar-refractivity contribution < 1.29 is 19.4 Å². The van der Waals surface area contributed by atoms with Gasteiger partial charge in [0, 0.05) is 20.7 Å². The molecule has 1 saturated carbocycles. The molecule has 92 valence electrons. The minimum absolute atomic E-state index is 0.0676. The number of rotatable bonds is 5. The van der Waals surface area contributed by atoms with Crippen molar-refractivity contribution in [3.05, 3.63) is 0 Å². The Balaban J connectivity index is 2.55. The normalized spacial score (nSPS) is 24.4. The fourth-order valence-electron chi connectivity index (χ4n) is 2.17. The number of carbonyl (C=O) groups excluding carboxylic acids is 1. The summed E-state index contributed by atoms with van der Waals surface area (Å²) in [7, 11) is 3.27. The van der Waals surface area contributed by atoms with Gasteiger partial charge in [-0.1, -0.05) is 6.42 Å². The maximum Gasteiger partial charge on any atom is 0.307 e. The lowest BCUT2D eigenvalue weighted by Gasteiger charge is -2.23. The van der Waals surface area contributed by atoms with Crippen molar-refractivity contribution in [3.8, 4) is 0 Å². The molecule has 0 heterocycles. The molecular weight excluding hydrogens is 210 g/mol. The number of carbonyl (C=O) groups is 2. The van der Waals surface area contributed by atoms with E-state index in [2.05, 4.69) is 0 Å². The Morgan fingerprint density at radius 1 is 1.38 bits per heavy atom. The van der Waals surface area contributed by atoms with Gasteiger partial charge in [0.05, 0.1) is 18.4 Å². The third kappa shape index (κ3) is 2.95. The highest BCUT2D eigenvalue weighted by atomic mass is 16.5. The number of carboxylic acid groups (broad SMARTS) is 1. The average molecular weight is 229 g/mol. The van der Waals surface area contributed by atoms with E-state index in [4.69, 9.17) is 9.84 Å². The lowest BCUT2D eigenvalue weighted by molar-refractivity contribution is -0.148. The van der Waals surface area contributed by atoms with E-state index in [1.54, 1.807) is 19.1 Å². The zero-order valence-electron chi connectivity index (χ0n) is 9.81. The number of ether oxygens (including phenoxy) is 1. The molecule has 1 aliphatic rings.